The summed E-state index contributed by atoms with van der Waals surface area (Å²) in [6, 6.07) is 7.82. The van der Waals surface area contributed by atoms with E-state index >= 15 is 0 Å². The van der Waals surface area contributed by atoms with E-state index < -0.39 is 0 Å². The number of carbonyl (C=O) groups is 1. The van der Waals surface area contributed by atoms with Crippen molar-refractivity contribution in [2.45, 2.75) is 25.5 Å². The highest BCUT2D eigenvalue weighted by atomic mass is 35.5. The summed E-state index contributed by atoms with van der Waals surface area (Å²) in [4.78, 5) is 14.6. The highest BCUT2D eigenvalue weighted by Gasteiger charge is 2.35. The lowest BCUT2D eigenvalue weighted by atomic mass is 10.0. The number of hydrogen-bond acceptors (Lipinski definition) is 3. The third kappa shape index (κ3) is 3.07. The van der Waals surface area contributed by atoms with E-state index in [1.165, 1.54) is 0 Å². The first-order chi connectivity index (χ1) is 10.2. The predicted octanol–water partition coefficient (Wildman–Crippen LogP) is 2.24. The van der Waals surface area contributed by atoms with Gasteiger partial charge in [0.25, 0.3) is 0 Å². The third-order valence-corrected chi connectivity index (χ3v) is 4.72. The summed E-state index contributed by atoms with van der Waals surface area (Å²) in [6.07, 6.45) is 0.799. The van der Waals surface area contributed by atoms with Crippen molar-refractivity contribution < 1.29 is 9.53 Å². The number of rotatable bonds is 2. The van der Waals surface area contributed by atoms with Crippen LogP contribution in [0.1, 0.15) is 25.0 Å². The molecule has 0 radical (unpaired) electrons. The van der Waals surface area contributed by atoms with Gasteiger partial charge in [-0.15, -0.1) is 0 Å². The first-order valence-electron chi connectivity index (χ1n) is 7.54. The van der Waals surface area contributed by atoms with Crippen LogP contribution in [-0.4, -0.2) is 43.1 Å². The molecule has 1 aromatic carbocycles. The topological polar surface area (TPSA) is 41.6 Å². The number of halogens is 1. The van der Waals surface area contributed by atoms with Gasteiger partial charge in [0.2, 0.25) is 5.91 Å². The summed E-state index contributed by atoms with van der Waals surface area (Å²) in [5, 5.41) is 3.96. The Morgan fingerprint density at radius 3 is 2.95 bits per heavy atom. The van der Waals surface area contributed by atoms with Crippen LogP contribution in [0.15, 0.2) is 24.3 Å². The Balaban J connectivity index is 1.75. The largest absolute Gasteiger partial charge is 0.369 e. The molecule has 5 heteroatoms. The molecular weight excluding hydrogens is 288 g/mol. The molecule has 2 heterocycles. The second kappa shape index (κ2) is 6.34. The normalized spacial score (nSPS) is 29.6. The van der Waals surface area contributed by atoms with Crippen molar-refractivity contribution in [2.75, 3.05) is 26.2 Å². The molecule has 3 atom stereocenters. The Hall–Kier alpha value is -1.10. The van der Waals surface area contributed by atoms with Gasteiger partial charge in [0, 0.05) is 17.1 Å². The number of nitrogens with zero attached hydrogens (tertiary/aromatic N) is 1. The molecule has 3 rings (SSSR count). The van der Waals surface area contributed by atoms with E-state index in [2.05, 4.69) is 5.32 Å². The van der Waals surface area contributed by atoms with Gasteiger partial charge in [0.1, 0.15) is 6.10 Å². The molecule has 2 saturated heterocycles. The fourth-order valence-electron chi connectivity index (χ4n) is 3.09. The minimum absolute atomic E-state index is 0.109. The molecule has 21 heavy (non-hydrogen) atoms. The molecule has 2 fully saturated rings. The van der Waals surface area contributed by atoms with Crippen molar-refractivity contribution >= 4 is 17.5 Å². The van der Waals surface area contributed by atoms with Crippen molar-refractivity contribution in [3.05, 3.63) is 34.9 Å². The molecule has 0 aromatic heterocycles. The second-order valence-electron chi connectivity index (χ2n) is 5.87. The molecule has 2 aliphatic rings. The van der Waals surface area contributed by atoms with Crippen molar-refractivity contribution in [3.8, 4) is 0 Å². The number of ether oxygens (including phenoxy) is 1. The van der Waals surface area contributed by atoms with Gasteiger partial charge in [0.05, 0.1) is 25.1 Å². The van der Waals surface area contributed by atoms with Crippen LogP contribution >= 0.6 is 11.6 Å². The maximum Gasteiger partial charge on any atom is 0.227 e. The summed E-state index contributed by atoms with van der Waals surface area (Å²) in [5.41, 5.74) is 0.966. The van der Waals surface area contributed by atoms with Gasteiger partial charge in [-0.2, -0.15) is 0 Å². The monoisotopic (exact) mass is 308 g/mol. The van der Waals surface area contributed by atoms with E-state index in [1.54, 1.807) is 0 Å². The Morgan fingerprint density at radius 1 is 1.43 bits per heavy atom. The minimum atomic E-state index is -0.131. The quantitative estimate of drug-likeness (QED) is 0.911. The van der Waals surface area contributed by atoms with Crippen LogP contribution in [0.4, 0.5) is 0 Å². The van der Waals surface area contributed by atoms with Gasteiger partial charge in [-0.25, -0.2) is 0 Å². The summed E-state index contributed by atoms with van der Waals surface area (Å²) in [7, 11) is 0. The highest BCUT2D eigenvalue weighted by Crippen LogP contribution is 2.31. The number of morpholine rings is 1. The zero-order valence-electron chi connectivity index (χ0n) is 12.2. The summed E-state index contributed by atoms with van der Waals surface area (Å²) in [6.45, 7) is 4.91. The third-order valence-electron chi connectivity index (χ3n) is 4.38. The van der Waals surface area contributed by atoms with Gasteiger partial charge in [0.15, 0.2) is 0 Å². The molecule has 2 aliphatic heterocycles. The number of carbonyl (C=O) groups excluding carboxylic acids is 1. The average Bonchev–Trinajstić information content (AvgIpc) is 3.02. The molecule has 1 N–H and O–H groups in total. The first kappa shape index (κ1) is 14.8. The fourth-order valence-corrected chi connectivity index (χ4v) is 3.35. The van der Waals surface area contributed by atoms with Crippen LogP contribution in [0.25, 0.3) is 0 Å². The van der Waals surface area contributed by atoms with E-state index in [0.29, 0.717) is 18.2 Å². The van der Waals surface area contributed by atoms with Crippen molar-refractivity contribution in [2.24, 2.45) is 5.92 Å². The standard InChI is InChI=1S/C16H21ClN2O2/c1-11-10-21-15(13-4-2-3-5-14(13)17)9-19(11)16(20)12-6-7-18-8-12/h2-5,11-12,15,18H,6-10H2,1H3. The van der Waals surface area contributed by atoms with Gasteiger partial charge in [-0.3, -0.25) is 4.79 Å². The van der Waals surface area contributed by atoms with Crippen LogP contribution in [0.3, 0.4) is 0 Å². The van der Waals surface area contributed by atoms with E-state index in [0.717, 1.165) is 25.1 Å². The van der Waals surface area contributed by atoms with E-state index in [-0.39, 0.29) is 24.0 Å². The van der Waals surface area contributed by atoms with Gasteiger partial charge < -0.3 is 15.0 Å². The minimum Gasteiger partial charge on any atom is -0.369 e. The van der Waals surface area contributed by atoms with Crippen LogP contribution in [0.5, 0.6) is 0 Å². The Bertz CT molecular complexity index is 517. The molecular formula is C16H21ClN2O2. The van der Waals surface area contributed by atoms with Crippen LogP contribution in [-0.2, 0) is 9.53 Å². The molecule has 0 saturated carbocycles. The van der Waals surface area contributed by atoms with E-state index in [1.807, 2.05) is 36.1 Å². The van der Waals surface area contributed by atoms with Gasteiger partial charge in [-0.05, 0) is 26.0 Å². The molecule has 4 nitrogen and oxygen atoms in total. The Labute approximate surface area is 130 Å². The first-order valence-corrected chi connectivity index (χ1v) is 7.92. The Kier molecular flexibility index (Phi) is 4.48. The van der Waals surface area contributed by atoms with Crippen LogP contribution in [0, 0.1) is 5.92 Å². The van der Waals surface area contributed by atoms with Crippen LogP contribution < -0.4 is 5.32 Å². The zero-order chi connectivity index (χ0) is 14.8. The Morgan fingerprint density at radius 2 is 2.24 bits per heavy atom. The second-order valence-corrected chi connectivity index (χ2v) is 6.28. The van der Waals surface area contributed by atoms with Crippen molar-refractivity contribution in [1.82, 2.24) is 10.2 Å². The smallest absolute Gasteiger partial charge is 0.227 e. The highest BCUT2D eigenvalue weighted by molar-refractivity contribution is 6.31. The van der Waals surface area contributed by atoms with Crippen molar-refractivity contribution in [1.29, 1.82) is 0 Å². The molecule has 114 valence electrons. The number of nitrogens with one attached hydrogen (secondary N) is 1. The van der Waals surface area contributed by atoms with E-state index in [9.17, 15) is 4.79 Å². The molecule has 0 spiro atoms. The zero-order valence-corrected chi connectivity index (χ0v) is 13.0. The van der Waals surface area contributed by atoms with Crippen molar-refractivity contribution in [3.63, 3.8) is 0 Å². The SMILES string of the molecule is CC1COC(c2ccccc2Cl)CN1C(=O)C1CCNC1. The summed E-state index contributed by atoms with van der Waals surface area (Å²) < 4.78 is 5.91. The summed E-state index contributed by atoms with van der Waals surface area (Å²) >= 11 is 6.25. The molecule has 3 unspecified atom stereocenters. The number of benzene rings is 1. The maximum atomic E-state index is 12.7. The van der Waals surface area contributed by atoms with Gasteiger partial charge >= 0.3 is 0 Å². The fraction of sp³-hybridized carbons (Fsp3) is 0.562. The van der Waals surface area contributed by atoms with E-state index in [4.69, 9.17) is 16.3 Å². The molecule has 1 amide bonds. The lowest BCUT2D eigenvalue weighted by Gasteiger charge is -2.39. The maximum absolute atomic E-state index is 12.7. The number of amides is 1. The lowest BCUT2D eigenvalue weighted by Crippen LogP contribution is -2.50. The lowest BCUT2D eigenvalue weighted by molar-refractivity contribution is -0.148. The van der Waals surface area contributed by atoms with Gasteiger partial charge in [-0.1, -0.05) is 29.8 Å². The number of hydrogen-bond donors (Lipinski definition) is 1. The average molecular weight is 309 g/mol. The predicted molar refractivity (Wildman–Crippen MR) is 82.3 cm³/mol. The van der Waals surface area contributed by atoms with Crippen LogP contribution in [0.2, 0.25) is 5.02 Å². The molecule has 0 bridgehead atoms. The molecule has 0 aliphatic carbocycles. The summed E-state index contributed by atoms with van der Waals surface area (Å²) in [5.74, 6) is 0.352. The molecule has 1 aromatic rings.